The zero-order chi connectivity index (χ0) is 13.1. The van der Waals surface area contributed by atoms with Gasteiger partial charge in [-0.3, -0.25) is 0 Å². The standard InChI is InChI=1S/C12H13N3O3/c1-7-5-14-10(18-7)6-15-11-8(12(16)17)3-2-4-9(11)13/h2-5,15H,6,13H2,1H3,(H,16,17). The van der Waals surface area contributed by atoms with Crippen LogP contribution in [0.3, 0.4) is 0 Å². The van der Waals surface area contributed by atoms with Crippen LogP contribution >= 0.6 is 0 Å². The number of nitrogens with one attached hydrogen (secondary N) is 1. The Hall–Kier alpha value is -2.50. The van der Waals surface area contributed by atoms with Crippen LogP contribution in [-0.2, 0) is 6.54 Å². The van der Waals surface area contributed by atoms with Gasteiger partial charge in [-0.15, -0.1) is 0 Å². The first-order chi connectivity index (χ1) is 8.58. The Kier molecular flexibility index (Phi) is 3.18. The van der Waals surface area contributed by atoms with Gasteiger partial charge in [-0.05, 0) is 19.1 Å². The van der Waals surface area contributed by atoms with Crippen molar-refractivity contribution in [1.29, 1.82) is 0 Å². The Morgan fingerprint density at radius 2 is 2.33 bits per heavy atom. The first-order valence-electron chi connectivity index (χ1n) is 5.35. The van der Waals surface area contributed by atoms with Crippen molar-refractivity contribution in [2.75, 3.05) is 11.1 Å². The molecule has 0 radical (unpaired) electrons. The smallest absolute Gasteiger partial charge is 0.337 e. The van der Waals surface area contributed by atoms with Crippen LogP contribution in [0.2, 0.25) is 0 Å². The molecule has 0 bridgehead atoms. The number of para-hydroxylation sites is 1. The highest BCUT2D eigenvalue weighted by molar-refractivity contribution is 5.97. The topological polar surface area (TPSA) is 101 Å². The van der Waals surface area contributed by atoms with Crippen LogP contribution < -0.4 is 11.1 Å². The van der Waals surface area contributed by atoms with Gasteiger partial charge in [0.05, 0.1) is 29.7 Å². The third kappa shape index (κ3) is 2.42. The van der Waals surface area contributed by atoms with Crippen molar-refractivity contribution in [3.8, 4) is 0 Å². The largest absolute Gasteiger partial charge is 0.478 e. The molecule has 1 aromatic heterocycles. The molecule has 0 aliphatic rings. The van der Waals surface area contributed by atoms with Crippen molar-refractivity contribution in [2.24, 2.45) is 0 Å². The average Bonchev–Trinajstić information content (AvgIpc) is 2.73. The molecule has 1 heterocycles. The average molecular weight is 247 g/mol. The maximum absolute atomic E-state index is 11.1. The molecule has 0 atom stereocenters. The first-order valence-corrected chi connectivity index (χ1v) is 5.35. The lowest BCUT2D eigenvalue weighted by atomic mass is 10.1. The van der Waals surface area contributed by atoms with Crippen LogP contribution in [0, 0.1) is 6.92 Å². The summed E-state index contributed by atoms with van der Waals surface area (Å²) in [6.45, 7) is 2.07. The molecule has 94 valence electrons. The zero-order valence-corrected chi connectivity index (χ0v) is 9.80. The number of benzene rings is 1. The summed E-state index contributed by atoms with van der Waals surface area (Å²) in [6, 6.07) is 4.72. The van der Waals surface area contributed by atoms with Gasteiger partial charge in [-0.2, -0.15) is 0 Å². The Morgan fingerprint density at radius 3 is 2.94 bits per heavy atom. The number of oxazole rings is 1. The van der Waals surface area contributed by atoms with Crippen LogP contribution in [0.1, 0.15) is 22.0 Å². The number of anilines is 2. The summed E-state index contributed by atoms with van der Waals surface area (Å²) < 4.78 is 5.28. The fourth-order valence-electron chi connectivity index (χ4n) is 1.59. The Morgan fingerprint density at radius 1 is 1.56 bits per heavy atom. The summed E-state index contributed by atoms with van der Waals surface area (Å²) in [5.74, 6) is 0.145. The zero-order valence-electron chi connectivity index (χ0n) is 9.80. The second-order valence-electron chi connectivity index (χ2n) is 3.79. The van der Waals surface area contributed by atoms with E-state index in [9.17, 15) is 4.79 Å². The SMILES string of the molecule is Cc1cnc(CNc2c(N)cccc2C(=O)O)o1. The number of hydrogen-bond acceptors (Lipinski definition) is 5. The molecule has 1 aromatic carbocycles. The number of aromatic carboxylic acids is 1. The van der Waals surface area contributed by atoms with Gasteiger partial charge in [0, 0.05) is 0 Å². The Labute approximate surface area is 103 Å². The molecule has 0 aliphatic heterocycles. The molecule has 0 saturated heterocycles. The number of nitrogen functional groups attached to an aromatic ring is 1. The van der Waals surface area contributed by atoms with E-state index >= 15 is 0 Å². The second kappa shape index (κ2) is 4.79. The van der Waals surface area contributed by atoms with Crippen LogP contribution in [0.4, 0.5) is 11.4 Å². The van der Waals surface area contributed by atoms with Crippen molar-refractivity contribution in [2.45, 2.75) is 13.5 Å². The molecule has 0 unspecified atom stereocenters. The molecule has 0 fully saturated rings. The normalized spacial score (nSPS) is 10.3. The molecule has 0 amide bonds. The summed E-state index contributed by atoms with van der Waals surface area (Å²) >= 11 is 0. The summed E-state index contributed by atoms with van der Waals surface area (Å²) in [6.07, 6.45) is 1.60. The maximum atomic E-state index is 11.1. The van der Waals surface area contributed by atoms with Gasteiger partial charge < -0.3 is 20.6 Å². The fraction of sp³-hybridized carbons (Fsp3) is 0.167. The summed E-state index contributed by atoms with van der Waals surface area (Å²) in [7, 11) is 0. The number of aromatic nitrogens is 1. The number of aryl methyl sites for hydroxylation is 1. The van der Waals surface area contributed by atoms with Gasteiger partial charge in [-0.1, -0.05) is 6.07 Å². The number of carbonyl (C=O) groups is 1. The molecule has 2 rings (SSSR count). The van der Waals surface area contributed by atoms with Gasteiger partial charge in [0.2, 0.25) is 5.89 Å². The third-order valence-electron chi connectivity index (χ3n) is 2.41. The maximum Gasteiger partial charge on any atom is 0.337 e. The van der Waals surface area contributed by atoms with Gasteiger partial charge in [0.1, 0.15) is 5.76 Å². The molecule has 0 saturated carbocycles. The van der Waals surface area contributed by atoms with Crippen molar-refractivity contribution in [3.63, 3.8) is 0 Å². The van der Waals surface area contributed by atoms with E-state index in [-0.39, 0.29) is 12.1 Å². The van der Waals surface area contributed by atoms with Crippen LogP contribution in [0.25, 0.3) is 0 Å². The minimum absolute atomic E-state index is 0.123. The molecule has 4 N–H and O–H groups in total. The van der Waals surface area contributed by atoms with E-state index in [0.717, 1.165) is 0 Å². The quantitative estimate of drug-likeness (QED) is 0.713. The van der Waals surface area contributed by atoms with Crippen LogP contribution in [-0.4, -0.2) is 16.1 Å². The first kappa shape index (κ1) is 12.0. The van der Waals surface area contributed by atoms with Gasteiger partial charge in [0.25, 0.3) is 0 Å². The minimum atomic E-state index is -1.03. The highest BCUT2D eigenvalue weighted by atomic mass is 16.4. The van der Waals surface area contributed by atoms with E-state index in [1.165, 1.54) is 6.07 Å². The molecule has 6 nitrogen and oxygen atoms in total. The Bertz CT molecular complexity index is 578. The molecular formula is C12H13N3O3. The summed E-state index contributed by atoms with van der Waals surface area (Å²) in [5.41, 5.74) is 6.62. The molecule has 2 aromatic rings. The predicted molar refractivity (Wildman–Crippen MR) is 66.4 cm³/mol. The summed E-state index contributed by atoms with van der Waals surface area (Å²) in [4.78, 5) is 15.1. The van der Waals surface area contributed by atoms with E-state index < -0.39 is 5.97 Å². The van der Waals surface area contributed by atoms with Crippen molar-refractivity contribution >= 4 is 17.3 Å². The van der Waals surface area contributed by atoms with Crippen molar-refractivity contribution < 1.29 is 14.3 Å². The number of nitrogens with two attached hydrogens (primary N) is 1. The molecular weight excluding hydrogens is 234 g/mol. The number of carboxylic acids is 1. The monoisotopic (exact) mass is 247 g/mol. The lowest BCUT2D eigenvalue weighted by Gasteiger charge is -2.10. The van der Waals surface area contributed by atoms with Gasteiger partial charge >= 0.3 is 5.97 Å². The fourth-order valence-corrected chi connectivity index (χ4v) is 1.59. The molecule has 0 aliphatic carbocycles. The predicted octanol–water partition coefficient (Wildman–Crippen LogP) is 1.88. The lowest BCUT2D eigenvalue weighted by Crippen LogP contribution is -2.09. The van der Waals surface area contributed by atoms with E-state index in [0.29, 0.717) is 23.0 Å². The molecule has 6 heteroatoms. The van der Waals surface area contributed by atoms with Crippen molar-refractivity contribution in [3.05, 3.63) is 41.6 Å². The van der Waals surface area contributed by atoms with Crippen LogP contribution in [0.5, 0.6) is 0 Å². The minimum Gasteiger partial charge on any atom is -0.478 e. The number of rotatable bonds is 4. The molecule has 18 heavy (non-hydrogen) atoms. The molecule has 0 spiro atoms. The van der Waals surface area contributed by atoms with E-state index in [1.807, 2.05) is 0 Å². The van der Waals surface area contributed by atoms with Crippen LogP contribution in [0.15, 0.2) is 28.8 Å². The lowest BCUT2D eigenvalue weighted by molar-refractivity contribution is 0.0698. The highest BCUT2D eigenvalue weighted by Gasteiger charge is 2.12. The number of carboxylic acid groups (broad SMARTS) is 1. The van der Waals surface area contributed by atoms with E-state index in [4.69, 9.17) is 15.3 Å². The third-order valence-corrected chi connectivity index (χ3v) is 2.41. The van der Waals surface area contributed by atoms with E-state index in [2.05, 4.69) is 10.3 Å². The van der Waals surface area contributed by atoms with E-state index in [1.54, 1.807) is 25.3 Å². The summed E-state index contributed by atoms with van der Waals surface area (Å²) in [5, 5.41) is 12.0. The van der Waals surface area contributed by atoms with Gasteiger partial charge in [-0.25, -0.2) is 9.78 Å². The highest BCUT2D eigenvalue weighted by Crippen LogP contribution is 2.24. The Balaban J connectivity index is 2.20. The number of nitrogens with zero attached hydrogens (tertiary/aromatic N) is 1. The number of hydrogen-bond donors (Lipinski definition) is 3. The second-order valence-corrected chi connectivity index (χ2v) is 3.79. The van der Waals surface area contributed by atoms with Crippen molar-refractivity contribution in [1.82, 2.24) is 4.98 Å². The van der Waals surface area contributed by atoms with Gasteiger partial charge in [0.15, 0.2) is 0 Å².